The van der Waals surface area contributed by atoms with Crippen molar-refractivity contribution in [2.75, 3.05) is 26.3 Å². The van der Waals surface area contributed by atoms with Crippen molar-refractivity contribution in [1.29, 1.82) is 0 Å². The molecule has 6 heteroatoms. The Morgan fingerprint density at radius 3 is 2.55 bits per heavy atom. The lowest BCUT2D eigenvalue weighted by Crippen LogP contribution is -2.39. The molecule has 1 aromatic rings. The van der Waals surface area contributed by atoms with Gasteiger partial charge in [-0.2, -0.15) is 0 Å². The predicted octanol–water partition coefficient (Wildman–Crippen LogP) is 2.47. The lowest BCUT2D eigenvalue weighted by atomic mass is 9.99. The summed E-state index contributed by atoms with van der Waals surface area (Å²) in [5.74, 6) is -0.941. The molecule has 0 spiro atoms. The fourth-order valence-corrected chi connectivity index (χ4v) is 2.41. The predicted molar refractivity (Wildman–Crippen MR) is 68.8 cm³/mol. The second-order valence-corrected chi connectivity index (χ2v) is 4.73. The van der Waals surface area contributed by atoms with Crippen molar-refractivity contribution in [2.45, 2.75) is 18.9 Å². The summed E-state index contributed by atoms with van der Waals surface area (Å²) in [6.07, 6.45) is -2.66. The maximum atomic E-state index is 12.8. The molecule has 2 rings (SSSR count). The maximum Gasteiger partial charge on any atom is 0.305 e. The van der Waals surface area contributed by atoms with Crippen molar-refractivity contribution in [3.8, 4) is 0 Å². The molecule has 0 radical (unpaired) electrons. The van der Waals surface area contributed by atoms with Gasteiger partial charge in [0.15, 0.2) is 0 Å². The van der Waals surface area contributed by atoms with Crippen molar-refractivity contribution >= 4 is 5.97 Å². The van der Waals surface area contributed by atoms with Crippen LogP contribution in [0.15, 0.2) is 24.3 Å². The van der Waals surface area contributed by atoms with Crippen LogP contribution in [0.25, 0.3) is 0 Å². The number of hydrogen-bond donors (Lipinski definition) is 1. The van der Waals surface area contributed by atoms with Crippen LogP contribution < -0.4 is 0 Å². The minimum absolute atomic E-state index is 0.0776. The van der Waals surface area contributed by atoms with E-state index in [1.165, 1.54) is 12.1 Å². The molecule has 1 saturated heterocycles. The zero-order valence-electron chi connectivity index (χ0n) is 11.0. The van der Waals surface area contributed by atoms with Gasteiger partial charge in [0.05, 0.1) is 19.6 Å². The molecule has 1 atom stereocenters. The first-order valence-corrected chi connectivity index (χ1v) is 6.49. The van der Waals surface area contributed by atoms with Gasteiger partial charge in [-0.05, 0) is 11.6 Å². The Hall–Kier alpha value is -1.53. The van der Waals surface area contributed by atoms with E-state index in [0.717, 1.165) is 0 Å². The smallest absolute Gasteiger partial charge is 0.305 e. The van der Waals surface area contributed by atoms with E-state index < -0.39 is 18.4 Å². The molecule has 0 amide bonds. The number of carboxylic acid groups (broad SMARTS) is 1. The van der Waals surface area contributed by atoms with Gasteiger partial charge in [-0.3, -0.25) is 9.69 Å². The Morgan fingerprint density at radius 2 is 1.95 bits per heavy atom. The van der Waals surface area contributed by atoms with Gasteiger partial charge in [-0.15, -0.1) is 0 Å². The first-order chi connectivity index (χ1) is 9.58. The third-order valence-corrected chi connectivity index (χ3v) is 3.40. The van der Waals surface area contributed by atoms with Crippen LogP contribution >= 0.6 is 0 Å². The molecular formula is C14H17F2NO3. The average molecular weight is 285 g/mol. The van der Waals surface area contributed by atoms with Crippen LogP contribution in [0.5, 0.6) is 0 Å². The Kier molecular flexibility index (Phi) is 5.03. The summed E-state index contributed by atoms with van der Waals surface area (Å²) in [7, 11) is 0. The van der Waals surface area contributed by atoms with Crippen molar-refractivity contribution in [3.63, 3.8) is 0 Å². The molecule has 1 heterocycles. The van der Waals surface area contributed by atoms with Gasteiger partial charge in [-0.1, -0.05) is 18.2 Å². The molecule has 1 aromatic carbocycles. The highest BCUT2D eigenvalue weighted by Crippen LogP contribution is 2.28. The van der Waals surface area contributed by atoms with Gasteiger partial charge in [-0.25, -0.2) is 8.78 Å². The highest BCUT2D eigenvalue weighted by atomic mass is 19.3. The Morgan fingerprint density at radius 1 is 1.30 bits per heavy atom. The van der Waals surface area contributed by atoms with Crippen molar-refractivity contribution < 1.29 is 23.4 Å². The number of carboxylic acids is 1. The molecular weight excluding hydrogens is 268 g/mol. The maximum absolute atomic E-state index is 12.8. The lowest BCUT2D eigenvalue weighted by molar-refractivity contribution is -0.139. The second-order valence-electron chi connectivity index (χ2n) is 4.73. The van der Waals surface area contributed by atoms with Gasteiger partial charge in [0, 0.05) is 24.7 Å². The fourth-order valence-electron chi connectivity index (χ4n) is 2.41. The van der Waals surface area contributed by atoms with Crippen molar-refractivity contribution in [3.05, 3.63) is 35.4 Å². The van der Waals surface area contributed by atoms with Crippen LogP contribution in [0.4, 0.5) is 8.78 Å². The van der Waals surface area contributed by atoms with Gasteiger partial charge >= 0.3 is 5.97 Å². The Balaban J connectivity index is 2.24. The number of rotatable bonds is 5. The van der Waals surface area contributed by atoms with Crippen molar-refractivity contribution in [1.82, 2.24) is 4.90 Å². The summed E-state index contributed by atoms with van der Waals surface area (Å²) >= 11 is 0. The average Bonchev–Trinajstić information content (AvgIpc) is 2.45. The molecule has 1 aliphatic heterocycles. The number of alkyl halides is 2. The van der Waals surface area contributed by atoms with E-state index in [0.29, 0.717) is 31.9 Å². The van der Waals surface area contributed by atoms with E-state index in [1.807, 2.05) is 4.90 Å². The first-order valence-electron chi connectivity index (χ1n) is 6.49. The van der Waals surface area contributed by atoms with E-state index in [9.17, 15) is 13.6 Å². The van der Waals surface area contributed by atoms with E-state index in [2.05, 4.69) is 0 Å². The van der Waals surface area contributed by atoms with Gasteiger partial charge in [0.25, 0.3) is 6.43 Å². The second kappa shape index (κ2) is 6.76. The molecule has 1 aliphatic rings. The molecule has 110 valence electrons. The van der Waals surface area contributed by atoms with E-state index in [1.54, 1.807) is 12.1 Å². The Labute approximate surface area is 116 Å². The quantitative estimate of drug-likeness (QED) is 0.903. The summed E-state index contributed by atoms with van der Waals surface area (Å²) in [6, 6.07) is 5.61. The molecule has 0 aromatic heterocycles. The zero-order valence-corrected chi connectivity index (χ0v) is 11.0. The normalized spacial score (nSPS) is 18.1. The van der Waals surface area contributed by atoms with E-state index in [-0.39, 0.29) is 12.0 Å². The first kappa shape index (κ1) is 14.9. The molecule has 1 unspecified atom stereocenters. The number of carbonyl (C=O) groups is 1. The summed E-state index contributed by atoms with van der Waals surface area (Å²) in [5.41, 5.74) is 0.540. The third kappa shape index (κ3) is 3.74. The molecule has 1 fully saturated rings. The van der Waals surface area contributed by atoms with Crippen molar-refractivity contribution in [2.24, 2.45) is 0 Å². The molecule has 1 N–H and O–H groups in total. The molecule has 4 nitrogen and oxygen atoms in total. The SMILES string of the molecule is O=C(O)CC(c1cccc(C(F)F)c1)N1CCOCC1. The largest absolute Gasteiger partial charge is 0.481 e. The number of hydrogen-bond acceptors (Lipinski definition) is 3. The fraction of sp³-hybridized carbons (Fsp3) is 0.500. The van der Waals surface area contributed by atoms with Crippen LogP contribution in [-0.4, -0.2) is 42.3 Å². The number of aliphatic carboxylic acids is 1. The summed E-state index contributed by atoms with van der Waals surface area (Å²) in [6.45, 7) is 2.28. The third-order valence-electron chi connectivity index (χ3n) is 3.40. The van der Waals surface area contributed by atoms with E-state index >= 15 is 0 Å². The molecule has 0 aliphatic carbocycles. The standard InChI is InChI=1S/C14H17F2NO3/c15-14(16)11-3-1-2-10(8-11)12(9-13(18)19)17-4-6-20-7-5-17/h1-3,8,12,14H,4-7,9H2,(H,18,19). The minimum Gasteiger partial charge on any atom is -0.481 e. The molecule has 0 saturated carbocycles. The monoisotopic (exact) mass is 285 g/mol. The lowest BCUT2D eigenvalue weighted by Gasteiger charge is -2.34. The summed E-state index contributed by atoms with van der Waals surface area (Å²) in [5, 5.41) is 9.05. The Bertz CT molecular complexity index is 461. The number of halogens is 2. The van der Waals surface area contributed by atoms with Crippen LogP contribution in [-0.2, 0) is 9.53 Å². The minimum atomic E-state index is -2.55. The number of benzene rings is 1. The van der Waals surface area contributed by atoms with Crippen LogP contribution in [0.3, 0.4) is 0 Å². The van der Waals surface area contributed by atoms with Gasteiger partial charge in [0.2, 0.25) is 0 Å². The topological polar surface area (TPSA) is 49.8 Å². The molecule has 0 bridgehead atoms. The summed E-state index contributed by atoms with van der Waals surface area (Å²) < 4.78 is 30.8. The van der Waals surface area contributed by atoms with Crippen LogP contribution in [0.2, 0.25) is 0 Å². The number of morpholine rings is 1. The van der Waals surface area contributed by atoms with Crippen LogP contribution in [0, 0.1) is 0 Å². The highest BCUT2D eigenvalue weighted by molar-refractivity contribution is 5.68. The zero-order chi connectivity index (χ0) is 14.5. The number of nitrogens with zero attached hydrogens (tertiary/aromatic N) is 1. The van der Waals surface area contributed by atoms with Gasteiger partial charge < -0.3 is 9.84 Å². The summed E-state index contributed by atoms with van der Waals surface area (Å²) in [4.78, 5) is 13.0. The number of ether oxygens (including phenoxy) is 1. The van der Waals surface area contributed by atoms with Gasteiger partial charge in [0.1, 0.15) is 0 Å². The highest BCUT2D eigenvalue weighted by Gasteiger charge is 2.25. The van der Waals surface area contributed by atoms with Crippen LogP contribution in [0.1, 0.15) is 30.0 Å². The molecule has 20 heavy (non-hydrogen) atoms. The van der Waals surface area contributed by atoms with E-state index in [4.69, 9.17) is 9.84 Å².